The predicted molar refractivity (Wildman–Crippen MR) is 124 cm³/mol. The van der Waals surface area contributed by atoms with E-state index in [-0.39, 0.29) is 24.5 Å². The van der Waals surface area contributed by atoms with Crippen LogP contribution in [0.15, 0.2) is 58.2 Å². The number of benzene rings is 1. The van der Waals surface area contributed by atoms with E-state index < -0.39 is 24.0 Å². The number of aryl methyl sites for hydroxylation is 1. The highest BCUT2D eigenvalue weighted by Crippen LogP contribution is 2.27. The lowest BCUT2D eigenvalue weighted by Crippen LogP contribution is -2.51. The summed E-state index contributed by atoms with van der Waals surface area (Å²) >= 11 is 0. The molecule has 2 N–H and O–H groups in total. The molecule has 1 aliphatic heterocycles. The number of carbonyl (C=O) groups is 3. The lowest BCUT2D eigenvalue weighted by Gasteiger charge is -2.28. The number of esters is 2. The van der Waals surface area contributed by atoms with E-state index >= 15 is 0 Å². The van der Waals surface area contributed by atoms with Crippen LogP contribution in [0.1, 0.15) is 36.4 Å². The van der Waals surface area contributed by atoms with Crippen molar-refractivity contribution in [2.75, 3.05) is 13.2 Å². The first-order valence-corrected chi connectivity index (χ1v) is 11.0. The minimum Gasteiger partial charge on any atom is -0.463 e. The van der Waals surface area contributed by atoms with E-state index in [9.17, 15) is 14.4 Å². The van der Waals surface area contributed by atoms with Gasteiger partial charge in [0.25, 0.3) is 0 Å². The molecule has 0 bridgehead atoms. The molecule has 0 fully saturated rings. The number of nitrogens with one attached hydrogen (secondary N) is 2. The Kier molecular flexibility index (Phi) is 6.62. The third-order valence-electron chi connectivity index (χ3n) is 5.42. The molecule has 1 atom stereocenters. The zero-order valence-corrected chi connectivity index (χ0v) is 19.1. The van der Waals surface area contributed by atoms with Gasteiger partial charge < -0.3 is 24.5 Å². The van der Waals surface area contributed by atoms with Crippen LogP contribution < -0.4 is 10.6 Å². The summed E-state index contributed by atoms with van der Waals surface area (Å²) in [5, 5.41) is 5.88. The van der Waals surface area contributed by atoms with Gasteiger partial charge in [0.05, 0.1) is 35.0 Å². The van der Waals surface area contributed by atoms with E-state index in [1.807, 2.05) is 26.0 Å². The number of aromatic nitrogens is 1. The van der Waals surface area contributed by atoms with E-state index in [1.54, 1.807) is 37.3 Å². The third kappa shape index (κ3) is 4.63. The van der Waals surface area contributed by atoms with Gasteiger partial charge in [-0.05, 0) is 44.5 Å². The van der Waals surface area contributed by atoms with Crippen molar-refractivity contribution in [2.24, 2.45) is 0 Å². The molecule has 2 aromatic heterocycles. The normalized spacial score (nSPS) is 15.6. The minimum absolute atomic E-state index is 0.178. The van der Waals surface area contributed by atoms with Crippen molar-refractivity contribution in [1.29, 1.82) is 0 Å². The van der Waals surface area contributed by atoms with Crippen LogP contribution in [-0.2, 0) is 14.3 Å². The summed E-state index contributed by atoms with van der Waals surface area (Å²) in [6.45, 7) is 5.23. The van der Waals surface area contributed by atoms with Gasteiger partial charge in [-0.25, -0.2) is 19.4 Å². The first kappa shape index (κ1) is 23.0. The summed E-state index contributed by atoms with van der Waals surface area (Å²) in [6, 6.07) is 11.4. The number of pyridine rings is 1. The molecule has 9 heteroatoms. The fourth-order valence-electron chi connectivity index (χ4n) is 3.83. The highest BCUT2D eigenvalue weighted by Gasteiger charge is 2.32. The van der Waals surface area contributed by atoms with Crippen LogP contribution in [0.4, 0.5) is 4.79 Å². The number of hydrogen-bond acceptors (Lipinski definition) is 7. The molecule has 2 amide bonds. The highest BCUT2D eigenvalue weighted by atomic mass is 16.5. The van der Waals surface area contributed by atoms with Crippen molar-refractivity contribution in [2.45, 2.75) is 33.2 Å². The van der Waals surface area contributed by atoms with Gasteiger partial charge in [0.1, 0.15) is 18.1 Å². The number of nitrogens with zero attached hydrogens (tertiary/aromatic N) is 1. The van der Waals surface area contributed by atoms with Gasteiger partial charge in [-0.1, -0.05) is 25.1 Å². The maximum atomic E-state index is 13.2. The zero-order chi connectivity index (χ0) is 24.2. The maximum absolute atomic E-state index is 13.2. The first-order chi connectivity index (χ1) is 16.4. The second-order valence-electron chi connectivity index (χ2n) is 7.73. The Morgan fingerprint density at radius 3 is 2.59 bits per heavy atom. The van der Waals surface area contributed by atoms with Crippen molar-refractivity contribution < 1.29 is 28.3 Å². The monoisotopic (exact) mass is 463 g/mol. The molecule has 1 aliphatic rings. The second-order valence-corrected chi connectivity index (χ2v) is 7.73. The Balaban J connectivity index is 1.67. The topological polar surface area (TPSA) is 120 Å². The molecule has 0 saturated heterocycles. The number of carbonyl (C=O) groups excluding carboxylic acids is 3. The van der Waals surface area contributed by atoms with Crippen molar-refractivity contribution >= 4 is 28.9 Å². The molecule has 1 unspecified atom stereocenters. The van der Waals surface area contributed by atoms with Crippen LogP contribution in [0.25, 0.3) is 22.4 Å². The largest absolute Gasteiger partial charge is 0.463 e. The van der Waals surface area contributed by atoms with E-state index in [4.69, 9.17) is 13.9 Å². The standard InChI is InChI=1S/C25H25N3O6/c1-4-17-22(24(30)32-5-2)20(28-25(31)27-17)13-33-23(29)16-12-19(21-11-10-14(3)34-21)26-18-9-7-6-8-15(16)18/h6-12,17H,4-5,13H2,1-3H3,(H2,27,28,31). The Labute approximate surface area is 196 Å². The summed E-state index contributed by atoms with van der Waals surface area (Å²) in [7, 11) is 0. The average molecular weight is 463 g/mol. The van der Waals surface area contributed by atoms with E-state index in [0.717, 1.165) is 5.76 Å². The molecule has 3 heterocycles. The molecule has 3 aromatic rings. The summed E-state index contributed by atoms with van der Waals surface area (Å²) in [6.07, 6.45) is 0.472. The molecule has 34 heavy (non-hydrogen) atoms. The minimum atomic E-state index is -0.625. The fourth-order valence-corrected chi connectivity index (χ4v) is 3.83. The van der Waals surface area contributed by atoms with Crippen molar-refractivity contribution in [3.8, 4) is 11.5 Å². The van der Waals surface area contributed by atoms with Crippen LogP contribution in [0.2, 0.25) is 0 Å². The Morgan fingerprint density at radius 2 is 1.88 bits per heavy atom. The van der Waals surface area contributed by atoms with Crippen LogP contribution >= 0.6 is 0 Å². The van der Waals surface area contributed by atoms with Gasteiger partial charge in [0, 0.05) is 5.39 Å². The van der Waals surface area contributed by atoms with Crippen LogP contribution in [0, 0.1) is 6.92 Å². The van der Waals surface area contributed by atoms with Gasteiger partial charge in [-0.3, -0.25) is 0 Å². The van der Waals surface area contributed by atoms with Gasteiger partial charge >= 0.3 is 18.0 Å². The van der Waals surface area contributed by atoms with Crippen molar-refractivity contribution in [3.05, 3.63) is 65.1 Å². The van der Waals surface area contributed by atoms with Gasteiger partial charge in [-0.2, -0.15) is 0 Å². The van der Waals surface area contributed by atoms with E-state index in [2.05, 4.69) is 15.6 Å². The van der Waals surface area contributed by atoms with Crippen LogP contribution in [0.3, 0.4) is 0 Å². The zero-order valence-electron chi connectivity index (χ0n) is 19.1. The third-order valence-corrected chi connectivity index (χ3v) is 5.42. The van der Waals surface area contributed by atoms with E-state index in [1.165, 1.54) is 0 Å². The number of ether oxygens (including phenoxy) is 2. The highest BCUT2D eigenvalue weighted by molar-refractivity contribution is 6.04. The molecule has 176 valence electrons. The van der Waals surface area contributed by atoms with Crippen molar-refractivity contribution in [3.63, 3.8) is 0 Å². The number of amides is 2. The SMILES string of the molecule is CCOC(=O)C1=C(COC(=O)c2cc(-c3ccc(C)o3)nc3ccccc23)NC(=O)NC1CC. The number of para-hydroxylation sites is 1. The van der Waals surface area contributed by atoms with Gasteiger partial charge in [-0.15, -0.1) is 0 Å². The Hall–Kier alpha value is -4.14. The smallest absolute Gasteiger partial charge is 0.339 e. The molecular weight excluding hydrogens is 438 g/mol. The summed E-state index contributed by atoms with van der Waals surface area (Å²) in [5.41, 5.74) is 1.83. The molecule has 0 radical (unpaired) electrons. The maximum Gasteiger partial charge on any atom is 0.339 e. The molecule has 9 nitrogen and oxygen atoms in total. The van der Waals surface area contributed by atoms with Gasteiger partial charge in [0.15, 0.2) is 5.76 Å². The predicted octanol–water partition coefficient (Wildman–Crippen LogP) is 3.87. The molecule has 0 saturated carbocycles. The van der Waals surface area contributed by atoms with Crippen LogP contribution in [-0.4, -0.2) is 42.2 Å². The summed E-state index contributed by atoms with van der Waals surface area (Å²) < 4.78 is 16.4. The first-order valence-electron chi connectivity index (χ1n) is 11.0. The molecule has 4 rings (SSSR count). The Morgan fingerprint density at radius 1 is 1.09 bits per heavy atom. The number of hydrogen-bond donors (Lipinski definition) is 2. The number of fused-ring (bicyclic) bond motifs is 1. The number of rotatable bonds is 7. The molecule has 0 spiro atoms. The molecule has 0 aliphatic carbocycles. The lowest BCUT2D eigenvalue weighted by atomic mass is 10.0. The second kappa shape index (κ2) is 9.78. The lowest BCUT2D eigenvalue weighted by molar-refractivity contribution is -0.139. The molecular formula is C25H25N3O6. The molecule has 1 aromatic carbocycles. The number of furan rings is 1. The quantitative estimate of drug-likeness (QED) is 0.511. The van der Waals surface area contributed by atoms with Crippen molar-refractivity contribution in [1.82, 2.24) is 15.6 Å². The summed E-state index contributed by atoms with van der Waals surface area (Å²) in [4.78, 5) is 42.4. The number of urea groups is 1. The van der Waals surface area contributed by atoms with Crippen LogP contribution in [0.5, 0.6) is 0 Å². The van der Waals surface area contributed by atoms with E-state index in [0.29, 0.717) is 34.3 Å². The summed E-state index contributed by atoms with van der Waals surface area (Å²) in [5.74, 6) is 0.0538. The van der Waals surface area contributed by atoms with Gasteiger partial charge in [0.2, 0.25) is 0 Å². The average Bonchev–Trinajstić information content (AvgIpc) is 3.27. The Bertz CT molecular complexity index is 1290. The fraction of sp³-hybridized carbons (Fsp3) is 0.280.